The molecule has 6 rings (SSSR count). The number of nitrogens with zero attached hydrogens (tertiary/aromatic N) is 4. The summed E-state index contributed by atoms with van der Waals surface area (Å²) in [4.78, 5) is 9.25. The van der Waals surface area contributed by atoms with Gasteiger partial charge in [0.15, 0.2) is 0 Å². The molecule has 3 heterocycles. The van der Waals surface area contributed by atoms with E-state index >= 15 is 0 Å². The van der Waals surface area contributed by atoms with Crippen LogP contribution in [0.1, 0.15) is 0 Å². The third-order valence-electron chi connectivity index (χ3n) is 6.75. The molecular formula is C30H30N4OSi. The third kappa shape index (κ3) is 4.03. The van der Waals surface area contributed by atoms with Gasteiger partial charge in [-0.15, -0.1) is 0 Å². The molecule has 2 aromatic heterocycles. The van der Waals surface area contributed by atoms with Crippen LogP contribution in [-0.2, 0) is 0 Å². The lowest BCUT2D eigenvalue weighted by Gasteiger charge is -2.19. The van der Waals surface area contributed by atoms with Crippen molar-refractivity contribution in [2.24, 2.45) is 0 Å². The highest BCUT2D eigenvalue weighted by molar-refractivity contribution is 6.88. The summed E-state index contributed by atoms with van der Waals surface area (Å²) in [6, 6.07) is 27.5. The number of fused-ring (bicyclic) bond motifs is 3. The number of para-hydroxylation sites is 1. The van der Waals surface area contributed by atoms with E-state index < -0.39 is 8.07 Å². The smallest absolute Gasteiger partial charge is 0.137 e. The molecule has 0 fully saturated rings. The lowest BCUT2D eigenvalue weighted by atomic mass is 10.1. The first-order valence-electron chi connectivity index (χ1n) is 12.3. The number of ether oxygens (including phenoxy) is 1. The Bertz CT molecular complexity index is 1600. The molecule has 0 atom stereocenters. The van der Waals surface area contributed by atoms with Crippen molar-refractivity contribution in [3.05, 3.63) is 97.5 Å². The number of aromatic nitrogens is 2. The maximum atomic E-state index is 6.37. The minimum absolute atomic E-state index is 0.802. The van der Waals surface area contributed by atoms with E-state index in [-0.39, 0.29) is 0 Å². The van der Waals surface area contributed by atoms with Crippen molar-refractivity contribution in [3.8, 4) is 17.3 Å². The molecule has 5 aromatic rings. The molecule has 0 unspecified atom stereocenters. The van der Waals surface area contributed by atoms with Gasteiger partial charge in [0.2, 0.25) is 0 Å². The fraction of sp³-hybridized carbons (Fsp3) is 0.167. The summed E-state index contributed by atoms with van der Waals surface area (Å²) >= 11 is 0. The summed E-state index contributed by atoms with van der Waals surface area (Å²) in [6.45, 7) is 7.88. The van der Waals surface area contributed by atoms with E-state index in [1.54, 1.807) is 0 Å². The quantitative estimate of drug-likeness (QED) is 0.257. The summed E-state index contributed by atoms with van der Waals surface area (Å²) < 4.78 is 8.61. The molecule has 0 saturated carbocycles. The van der Waals surface area contributed by atoms with Crippen molar-refractivity contribution in [1.29, 1.82) is 0 Å². The predicted octanol–water partition coefficient (Wildman–Crippen LogP) is 6.70. The van der Waals surface area contributed by atoms with Gasteiger partial charge in [0.1, 0.15) is 17.3 Å². The van der Waals surface area contributed by atoms with E-state index in [9.17, 15) is 0 Å². The van der Waals surface area contributed by atoms with Gasteiger partial charge in [0, 0.05) is 54.2 Å². The summed E-state index contributed by atoms with van der Waals surface area (Å²) in [5, 5.41) is 3.75. The van der Waals surface area contributed by atoms with E-state index in [0.29, 0.717) is 0 Å². The van der Waals surface area contributed by atoms with Crippen molar-refractivity contribution in [3.63, 3.8) is 0 Å². The van der Waals surface area contributed by atoms with Crippen LogP contribution in [0.2, 0.25) is 19.6 Å². The Hall–Kier alpha value is -4.03. The van der Waals surface area contributed by atoms with Crippen LogP contribution in [0.25, 0.3) is 27.6 Å². The summed E-state index contributed by atoms with van der Waals surface area (Å²) in [5.41, 5.74) is 3.34. The summed E-state index contributed by atoms with van der Waals surface area (Å²) in [7, 11) is 0.647. The molecule has 36 heavy (non-hydrogen) atoms. The molecule has 0 N–H and O–H groups in total. The average Bonchev–Trinajstić information content (AvgIpc) is 3.45. The zero-order chi connectivity index (χ0) is 24.9. The maximum absolute atomic E-state index is 6.37. The molecule has 0 radical (unpaired) electrons. The molecule has 0 bridgehead atoms. The number of hydrogen-bond donors (Lipinski definition) is 0. The Kier molecular flexibility index (Phi) is 5.34. The van der Waals surface area contributed by atoms with Crippen LogP contribution in [0.4, 0.5) is 5.69 Å². The van der Waals surface area contributed by atoms with E-state index in [2.05, 4.69) is 126 Å². The second kappa shape index (κ2) is 8.57. The minimum Gasteiger partial charge on any atom is -0.457 e. The first kappa shape index (κ1) is 22.4. The normalized spacial score (nSPS) is 13.8. The van der Waals surface area contributed by atoms with Gasteiger partial charge in [-0.2, -0.15) is 0 Å². The SMILES string of the molecule is CN1C=CN(c2cccc(Oc3ccc4c5ccccc5n(-c5ccc([Si](C)(C)C)cn5)c4c3)c2)C1. The molecule has 3 aromatic carbocycles. The Morgan fingerprint density at radius 3 is 2.33 bits per heavy atom. The first-order chi connectivity index (χ1) is 17.4. The van der Waals surface area contributed by atoms with Crippen LogP contribution in [0.15, 0.2) is 97.5 Å². The second-order valence-corrected chi connectivity index (χ2v) is 15.5. The number of hydrogen-bond acceptors (Lipinski definition) is 4. The number of rotatable bonds is 5. The van der Waals surface area contributed by atoms with Crippen LogP contribution < -0.4 is 14.8 Å². The van der Waals surface area contributed by atoms with Gasteiger partial charge >= 0.3 is 0 Å². The fourth-order valence-corrected chi connectivity index (χ4v) is 5.82. The molecule has 0 aliphatic carbocycles. The largest absolute Gasteiger partial charge is 0.457 e. The maximum Gasteiger partial charge on any atom is 0.137 e. The topological polar surface area (TPSA) is 33.5 Å². The second-order valence-electron chi connectivity index (χ2n) is 10.5. The zero-order valence-electron chi connectivity index (χ0n) is 21.1. The fourth-order valence-electron chi connectivity index (χ4n) is 4.78. The van der Waals surface area contributed by atoms with Crippen molar-refractivity contribution >= 4 is 40.8 Å². The summed E-state index contributed by atoms with van der Waals surface area (Å²) in [5.74, 6) is 2.54. The lowest BCUT2D eigenvalue weighted by molar-refractivity contribution is 0.481. The molecule has 0 amide bonds. The van der Waals surface area contributed by atoms with Gasteiger partial charge in [-0.25, -0.2) is 4.98 Å². The van der Waals surface area contributed by atoms with Crippen molar-refractivity contribution in [1.82, 2.24) is 14.5 Å². The van der Waals surface area contributed by atoms with Crippen LogP contribution in [0.3, 0.4) is 0 Å². The van der Waals surface area contributed by atoms with Crippen molar-refractivity contribution < 1.29 is 4.74 Å². The zero-order valence-corrected chi connectivity index (χ0v) is 22.1. The number of benzene rings is 3. The highest BCUT2D eigenvalue weighted by Gasteiger charge is 2.18. The van der Waals surface area contributed by atoms with Gasteiger partial charge in [0.25, 0.3) is 0 Å². The molecule has 6 heteroatoms. The molecule has 5 nitrogen and oxygen atoms in total. The standard InChI is InChI=1S/C30H30N4OSi/c1-32-16-17-33(21-32)22-8-7-9-23(18-22)35-24-12-14-27-26-10-5-6-11-28(26)34(29(27)19-24)30-15-13-25(20-31-30)36(2,3)4/h5-20H,21H2,1-4H3. The monoisotopic (exact) mass is 490 g/mol. The van der Waals surface area contributed by atoms with E-state index in [1.807, 2.05) is 12.1 Å². The molecule has 1 aliphatic rings. The average molecular weight is 491 g/mol. The highest BCUT2D eigenvalue weighted by Crippen LogP contribution is 2.35. The predicted molar refractivity (Wildman–Crippen MR) is 152 cm³/mol. The van der Waals surface area contributed by atoms with Crippen LogP contribution in [0, 0.1) is 0 Å². The van der Waals surface area contributed by atoms with Crippen molar-refractivity contribution in [2.75, 3.05) is 18.6 Å². The van der Waals surface area contributed by atoms with Crippen LogP contribution in [0.5, 0.6) is 11.5 Å². The molecule has 0 spiro atoms. The lowest BCUT2D eigenvalue weighted by Crippen LogP contribution is -2.37. The van der Waals surface area contributed by atoms with Gasteiger partial charge < -0.3 is 14.5 Å². The van der Waals surface area contributed by atoms with E-state index in [4.69, 9.17) is 9.72 Å². The first-order valence-corrected chi connectivity index (χ1v) is 15.8. The Balaban J connectivity index is 1.41. The Morgan fingerprint density at radius 2 is 1.58 bits per heavy atom. The molecular weight excluding hydrogens is 460 g/mol. The van der Waals surface area contributed by atoms with Gasteiger partial charge in [-0.05, 0) is 41.6 Å². The van der Waals surface area contributed by atoms with Gasteiger partial charge in [-0.1, -0.05) is 50.0 Å². The number of anilines is 1. The Morgan fingerprint density at radius 1 is 0.778 bits per heavy atom. The van der Waals surface area contributed by atoms with Crippen LogP contribution in [-0.4, -0.2) is 36.2 Å². The van der Waals surface area contributed by atoms with Crippen LogP contribution >= 0.6 is 0 Å². The highest BCUT2D eigenvalue weighted by atomic mass is 28.3. The summed E-state index contributed by atoms with van der Waals surface area (Å²) in [6.07, 6.45) is 6.22. The van der Waals surface area contributed by atoms with Gasteiger partial charge in [0.05, 0.1) is 25.8 Å². The Labute approximate surface area is 212 Å². The van der Waals surface area contributed by atoms with Crippen molar-refractivity contribution in [2.45, 2.75) is 19.6 Å². The third-order valence-corrected chi connectivity index (χ3v) is 8.78. The van der Waals surface area contributed by atoms with Gasteiger partial charge in [-0.3, -0.25) is 4.57 Å². The van der Waals surface area contributed by atoms with E-state index in [1.165, 1.54) is 16.0 Å². The molecule has 180 valence electrons. The van der Waals surface area contributed by atoms with E-state index in [0.717, 1.165) is 40.7 Å². The molecule has 1 aliphatic heterocycles. The minimum atomic E-state index is -1.42. The number of pyridine rings is 1. The molecule has 0 saturated heterocycles.